The van der Waals surface area contributed by atoms with Gasteiger partial charge in [-0.1, -0.05) is 30.3 Å². The average Bonchev–Trinajstić information content (AvgIpc) is 2.62. The molecule has 128 valence electrons. The minimum absolute atomic E-state index is 0.126. The first-order chi connectivity index (χ1) is 12.0. The number of carbonyl (C=O) groups is 1. The number of halogens is 1. The number of benzene rings is 2. The molecule has 5 nitrogen and oxygen atoms in total. The zero-order valence-corrected chi connectivity index (χ0v) is 16.0. The second kappa shape index (κ2) is 6.87. The number of hydrogen-bond acceptors (Lipinski definition) is 4. The van der Waals surface area contributed by atoms with E-state index in [-0.39, 0.29) is 17.3 Å². The molecule has 6 heteroatoms. The number of fused-ring (bicyclic) bond motifs is 1. The van der Waals surface area contributed by atoms with Crippen LogP contribution in [0.2, 0.25) is 0 Å². The van der Waals surface area contributed by atoms with Crippen LogP contribution in [-0.4, -0.2) is 17.6 Å². The highest BCUT2D eigenvalue weighted by atomic mass is 127. The first-order valence-corrected chi connectivity index (χ1v) is 8.80. The molecule has 0 radical (unpaired) electrons. The molecule has 0 aliphatic rings. The molecular formula is C19H17IN2O3. The summed E-state index contributed by atoms with van der Waals surface area (Å²) < 4.78 is 7.36. The van der Waals surface area contributed by atoms with E-state index in [1.54, 1.807) is 4.57 Å². The zero-order valence-electron chi connectivity index (χ0n) is 13.8. The molecule has 0 bridgehead atoms. The van der Waals surface area contributed by atoms with Crippen molar-refractivity contribution in [3.05, 3.63) is 73.6 Å². The second-order valence-electron chi connectivity index (χ2n) is 5.70. The van der Waals surface area contributed by atoms with E-state index in [1.807, 2.05) is 55.5 Å². The number of carbonyl (C=O) groups excluding carboxylic acids is 1. The molecule has 0 amide bonds. The first kappa shape index (κ1) is 17.5. The summed E-state index contributed by atoms with van der Waals surface area (Å²) in [5.41, 5.74) is 7.37. The van der Waals surface area contributed by atoms with Crippen molar-refractivity contribution in [3.63, 3.8) is 0 Å². The molecule has 1 heterocycles. The van der Waals surface area contributed by atoms with Crippen molar-refractivity contribution in [1.82, 2.24) is 4.57 Å². The van der Waals surface area contributed by atoms with Crippen LogP contribution in [0.15, 0.2) is 53.3 Å². The molecule has 3 rings (SSSR count). The van der Waals surface area contributed by atoms with Crippen LogP contribution in [0.5, 0.6) is 0 Å². The third kappa shape index (κ3) is 3.02. The second-order valence-corrected chi connectivity index (χ2v) is 6.95. The average molecular weight is 448 g/mol. The standard InChI is InChI=1S/C19H17IN2O3/c1-11(12-6-4-3-5-7-12)22-15-10-13(20)8-9-14(15)17(21)16(18(22)23)19(24)25-2/h3-11H,21H2,1-2H3. The summed E-state index contributed by atoms with van der Waals surface area (Å²) in [5.74, 6) is -0.725. The van der Waals surface area contributed by atoms with E-state index in [4.69, 9.17) is 10.5 Å². The summed E-state index contributed by atoms with van der Waals surface area (Å²) in [6.45, 7) is 1.92. The number of ether oxygens (including phenoxy) is 1. The number of anilines is 1. The van der Waals surface area contributed by atoms with Crippen LogP contribution in [0.4, 0.5) is 5.69 Å². The number of hydrogen-bond donors (Lipinski definition) is 1. The normalized spacial score (nSPS) is 12.1. The third-order valence-corrected chi connectivity index (χ3v) is 4.94. The maximum Gasteiger partial charge on any atom is 0.345 e. The van der Waals surface area contributed by atoms with Gasteiger partial charge in [0.1, 0.15) is 5.56 Å². The van der Waals surface area contributed by atoms with Crippen LogP contribution in [-0.2, 0) is 4.74 Å². The van der Waals surface area contributed by atoms with E-state index in [9.17, 15) is 9.59 Å². The summed E-state index contributed by atoms with van der Waals surface area (Å²) >= 11 is 2.19. The Hall–Kier alpha value is -2.35. The Morgan fingerprint density at radius 2 is 1.88 bits per heavy atom. The van der Waals surface area contributed by atoms with E-state index < -0.39 is 11.5 Å². The van der Waals surface area contributed by atoms with E-state index in [1.165, 1.54) is 7.11 Å². The fraction of sp³-hybridized carbons (Fsp3) is 0.158. The molecular weight excluding hydrogens is 431 g/mol. The van der Waals surface area contributed by atoms with Gasteiger partial charge in [-0.15, -0.1) is 0 Å². The maximum absolute atomic E-state index is 13.1. The van der Waals surface area contributed by atoms with Gasteiger partial charge in [-0.3, -0.25) is 4.79 Å². The van der Waals surface area contributed by atoms with Gasteiger partial charge in [0, 0.05) is 8.96 Å². The van der Waals surface area contributed by atoms with E-state index in [0.717, 1.165) is 9.13 Å². The molecule has 0 saturated heterocycles. The maximum atomic E-state index is 13.1. The van der Waals surface area contributed by atoms with Crippen LogP contribution < -0.4 is 11.3 Å². The fourth-order valence-corrected chi connectivity index (χ4v) is 3.45. The molecule has 1 atom stereocenters. The molecule has 2 N–H and O–H groups in total. The lowest BCUT2D eigenvalue weighted by Gasteiger charge is -2.21. The Morgan fingerprint density at radius 1 is 1.20 bits per heavy atom. The minimum atomic E-state index is -0.725. The number of nitrogens with two attached hydrogens (primary N) is 1. The number of esters is 1. The minimum Gasteiger partial charge on any atom is -0.465 e. The van der Waals surface area contributed by atoms with Gasteiger partial charge in [0.2, 0.25) is 0 Å². The molecule has 0 fully saturated rings. The quantitative estimate of drug-likeness (QED) is 0.491. The van der Waals surface area contributed by atoms with Crippen molar-refractivity contribution in [3.8, 4) is 0 Å². The fourth-order valence-electron chi connectivity index (χ4n) is 2.98. The van der Waals surface area contributed by atoms with Crippen LogP contribution in [0.25, 0.3) is 10.9 Å². The zero-order chi connectivity index (χ0) is 18.1. The van der Waals surface area contributed by atoms with Gasteiger partial charge in [0.25, 0.3) is 5.56 Å². The lowest BCUT2D eigenvalue weighted by molar-refractivity contribution is 0.0599. The summed E-state index contributed by atoms with van der Waals surface area (Å²) in [7, 11) is 1.24. The van der Waals surface area contributed by atoms with E-state index in [0.29, 0.717) is 10.9 Å². The Kier molecular flexibility index (Phi) is 4.80. The number of nitrogen functional groups attached to an aromatic ring is 1. The van der Waals surface area contributed by atoms with Crippen molar-refractivity contribution in [1.29, 1.82) is 0 Å². The molecule has 1 aromatic heterocycles. The smallest absolute Gasteiger partial charge is 0.345 e. The molecule has 0 spiro atoms. The Labute approximate surface area is 158 Å². The van der Waals surface area contributed by atoms with Crippen molar-refractivity contribution in [2.45, 2.75) is 13.0 Å². The van der Waals surface area contributed by atoms with Crippen molar-refractivity contribution >= 4 is 45.2 Å². The van der Waals surface area contributed by atoms with Gasteiger partial charge in [-0.05, 0) is 53.3 Å². The van der Waals surface area contributed by atoms with Gasteiger partial charge in [0.15, 0.2) is 0 Å². The topological polar surface area (TPSA) is 74.3 Å². The molecule has 3 aromatic rings. The summed E-state index contributed by atoms with van der Waals surface area (Å²) in [6, 6.07) is 15.0. The van der Waals surface area contributed by atoms with Crippen molar-refractivity contribution in [2.75, 3.05) is 12.8 Å². The predicted molar refractivity (Wildman–Crippen MR) is 107 cm³/mol. The Morgan fingerprint density at radius 3 is 2.52 bits per heavy atom. The monoisotopic (exact) mass is 448 g/mol. The largest absolute Gasteiger partial charge is 0.465 e. The number of aromatic nitrogens is 1. The predicted octanol–water partition coefficient (Wildman–Crippen LogP) is 3.58. The van der Waals surface area contributed by atoms with Crippen LogP contribution in [0, 0.1) is 3.57 Å². The highest BCUT2D eigenvalue weighted by molar-refractivity contribution is 14.1. The molecule has 25 heavy (non-hydrogen) atoms. The van der Waals surface area contributed by atoms with Gasteiger partial charge in [0.05, 0.1) is 24.4 Å². The Balaban J connectivity index is 2.42. The molecule has 2 aromatic carbocycles. The molecule has 0 aliphatic carbocycles. The van der Waals surface area contributed by atoms with Gasteiger partial charge < -0.3 is 15.0 Å². The van der Waals surface area contributed by atoms with Crippen molar-refractivity contribution < 1.29 is 9.53 Å². The van der Waals surface area contributed by atoms with Crippen LogP contribution in [0.1, 0.15) is 28.9 Å². The highest BCUT2D eigenvalue weighted by Crippen LogP contribution is 2.28. The summed E-state index contributed by atoms with van der Waals surface area (Å²) in [4.78, 5) is 25.3. The number of pyridine rings is 1. The first-order valence-electron chi connectivity index (χ1n) is 7.72. The molecule has 0 saturated carbocycles. The Bertz CT molecular complexity index is 1010. The van der Waals surface area contributed by atoms with Gasteiger partial charge >= 0.3 is 5.97 Å². The lowest BCUT2D eigenvalue weighted by atomic mass is 10.0. The number of rotatable bonds is 3. The summed E-state index contributed by atoms with van der Waals surface area (Å²) in [5, 5.41) is 0.656. The third-order valence-electron chi connectivity index (χ3n) is 4.27. The van der Waals surface area contributed by atoms with E-state index in [2.05, 4.69) is 22.6 Å². The van der Waals surface area contributed by atoms with E-state index >= 15 is 0 Å². The van der Waals surface area contributed by atoms with Crippen molar-refractivity contribution in [2.24, 2.45) is 0 Å². The van der Waals surface area contributed by atoms with Gasteiger partial charge in [-0.25, -0.2) is 4.79 Å². The molecule has 1 unspecified atom stereocenters. The van der Waals surface area contributed by atoms with Crippen LogP contribution in [0.3, 0.4) is 0 Å². The van der Waals surface area contributed by atoms with Gasteiger partial charge in [-0.2, -0.15) is 0 Å². The molecule has 0 aliphatic heterocycles. The summed E-state index contributed by atoms with van der Waals surface area (Å²) in [6.07, 6.45) is 0. The number of methoxy groups -OCH3 is 1. The lowest BCUT2D eigenvalue weighted by Crippen LogP contribution is -2.31. The SMILES string of the molecule is COC(=O)c1c(N)c2ccc(I)cc2n(C(C)c2ccccc2)c1=O. The number of nitrogens with zero attached hydrogens (tertiary/aromatic N) is 1. The highest BCUT2D eigenvalue weighted by Gasteiger charge is 2.24. The van der Waals surface area contributed by atoms with Crippen LogP contribution >= 0.6 is 22.6 Å².